The Balaban J connectivity index is 3.19. The Morgan fingerprint density at radius 3 is 1.80 bits per heavy atom. The molecule has 0 aliphatic carbocycles. The van der Waals surface area contributed by atoms with Crippen molar-refractivity contribution in [2.75, 3.05) is 21.3 Å². The summed E-state index contributed by atoms with van der Waals surface area (Å²) in [6.45, 7) is 2.13. The summed E-state index contributed by atoms with van der Waals surface area (Å²) in [7, 11) is 4.95. The predicted molar refractivity (Wildman–Crippen MR) is 60.1 cm³/mol. The minimum atomic E-state index is 0.753. The summed E-state index contributed by atoms with van der Waals surface area (Å²) in [5, 5.41) is 0. The van der Waals surface area contributed by atoms with Gasteiger partial charge in [0, 0.05) is 17.7 Å². The Morgan fingerprint density at radius 2 is 1.47 bits per heavy atom. The molecule has 0 fully saturated rings. The van der Waals surface area contributed by atoms with Crippen molar-refractivity contribution in [1.82, 2.24) is 0 Å². The van der Waals surface area contributed by atoms with Gasteiger partial charge in [-0.05, 0) is 6.42 Å². The highest BCUT2D eigenvalue weighted by Gasteiger charge is 2.11. The molecule has 0 heterocycles. The fourth-order valence-corrected chi connectivity index (χ4v) is 1.57. The second-order valence-electron chi connectivity index (χ2n) is 3.26. The van der Waals surface area contributed by atoms with Crippen molar-refractivity contribution in [1.29, 1.82) is 0 Å². The van der Waals surface area contributed by atoms with Crippen LogP contribution in [0.3, 0.4) is 0 Å². The largest absolute Gasteiger partial charge is 0.496 e. The van der Waals surface area contributed by atoms with Gasteiger partial charge in [0.15, 0.2) is 0 Å². The summed E-state index contributed by atoms with van der Waals surface area (Å²) in [4.78, 5) is 0. The van der Waals surface area contributed by atoms with Crippen LogP contribution in [-0.2, 0) is 6.42 Å². The smallest absolute Gasteiger partial charge is 0.129 e. The third-order valence-electron chi connectivity index (χ3n) is 2.32. The van der Waals surface area contributed by atoms with Gasteiger partial charge in [0.05, 0.1) is 21.3 Å². The molecule has 3 heteroatoms. The Bertz CT molecular complexity index is 296. The van der Waals surface area contributed by atoms with Gasteiger partial charge >= 0.3 is 0 Å². The van der Waals surface area contributed by atoms with Crippen LogP contribution in [0.4, 0.5) is 0 Å². The lowest BCUT2D eigenvalue weighted by atomic mass is 10.1. The first-order chi connectivity index (χ1) is 7.26. The van der Waals surface area contributed by atoms with Gasteiger partial charge in [-0.2, -0.15) is 0 Å². The summed E-state index contributed by atoms with van der Waals surface area (Å²) >= 11 is 0. The Morgan fingerprint density at radius 1 is 0.933 bits per heavy atom. The molecule has 0 saturated carbocycles. The van der Waals surface area contributed by atoms with Gasteiger partial charge in [-0.25, -0.2) is 0 Å². The molecule has 0 aliphatic heterocycles. The van der Waals surface area contributed by atoms with Crippen LogP contribution < -0.4 is 14.2 Å². The fraction of sp³-hybridized carbons (Fsp3) is 0.500. The van der Waals surface area contributed by atoms with Crippen molar-refractivity contribution in [2.24, 2.45) is 0 Å². The zero-order valence-corrected chi connectivity index (χ0v) is 9.79. The van der Waals surface area contributed by atoms with E-state index in [1.807, 2.05) is 12.1 Å². The lowest BCUT2D eigenvalue weighted by Gasteiger charge is -2.14. The van der Waals surface area contributed by atoms with E-state index in [1.54, 1.807) is 21.3 Å². The van der Waals surface area contributed by atoms with E-state index in [4.69, 9.17) is 14.2 Å². The molecule has 0 radical (unpaired) electrons. The van der Waals surface area contributed by atoms with Crippen LogP contribution in [0.15, 0.2) is 12.1 Å². The number of hydrogen-bond donors (Lipinski definition) is 0. The SMILES string of the molecule is CCCc1c(OC)cc(OC)cc1OC. The number of hydrogen-bond acceptors (Lipinski definition) is 3. The number of ether oxygens (including phenoxy) is 3. The zero-order valence-electron chi connectivity index (χ0n) is 9.79. The van der Waals surface area contributed by atoms with Crippen LogP contribution in [0.25, 0.3) is 0 Å². The highest BCUT2D eigenvalue weighted by atomic mass is 16.5. The molecule has 0 aliphatic rings. The molecule has 1 aromatic carbocycles. The molecular formula is C12H18O3. The van der Waals surface area contributed by atoms with Gasteiger partial charge in [-0.3, -0.25) is 0 Å². The van der Waals surface area contributed by atoms with Gasteiger partial charge in [-0.1, -0.05) is 13.3 Å². The molecule has 1 rings (SSSR count). The first-order valence-corrected chi connectivity index (χ1v) is 5.05. The summed E-state index contributed by atoms with van der Waals surface area (Å²) in [6.07, 6.45) is 2.00. The number of rotatable bonds is 5. The van der Waals surface area contributed by atoms with Crippen LogP contribution in [-0.4, -0.2) is 21.3 Å². The van der Waals surface area contributed by atoms with E-state index < -0.39 is 0 Å². The number of methoxy groups -OCH3 is 3. The van der Waals surface area contributed by atoms with Crippen molar-refractivity contribution in [3.8, 4) is 17.2 Å². The molecule has 0 unspecified atom stereocenters. The topological polar surface area (TPSA) is 27.7 Å². The maximum Gasteiger partial charge on any atom is 0.129 e. The molecule has 0 spiro atoms. The molecule has 0 atom stereocenters. The Hall–Kier alpha value is -1.38. The second-order valence-corrected chi connectivity index (χ2v) is 3.26. The van der Waals surface area contributed by atoms with Crippen LogP contribution in [0.2, 0.25) is 0 Å². The van der Waals surface area contributed by atoms with Crippen molar-refractivity contribution in [3.05, 3.63) is 17.7 Å². The second kappa shape index (κ2) is 5.49. The van der Waals surface area contributed by atoms with Gasteiger partial charge in [-0.15, -0.1) is 0 Å². The standard InChI is InChI=1S/C12H18O3/c1-5-6-10-11(14-3)7-9(13-2)8-12(10)15-4/h7-8H,5-6H2,1-4H3. The van der Waals surface area contributed by atoms with Crippen molar-refractivity contribution in [2.45, 2.75) is 19.8 Å². The summed E-state index contributed by atoms with van der Waals surface area (Å²) in [6, 6.07) is 3.76. The molecule has 0 aromatic heterocycles. The van der Waals surface area contributed by atoms with Crippen LogP contribution in [0.1, 0.15) is 18.9 Å². The normalized spacial score (nSPS) is 9.87. The highest BCUT2D eigenvalue weighted by molar-refractivity contribution is 5.50. The zero-order chi connectivity index (χ0) is 11.3. The lowest BCUT2D eigenvalue weighted by molar-refractivity contribution is 0.368. The predicted octanol–water partition coefficient (Wildman–Crippen LogP) is 2.66. The van der Waals surface area contributed by atoms with Gasteiger partial charge in [0.2, 0.25) is 0 Å². The van der Waals surface area contributed by atoms with E-state index in [2.05, 4.69) is 6.92 Å². The third-order valence-corrected chi connectivity index (χ3v) is 2.32. The first-order valence-electron chi connectivity index (χ1n) is 5.05. The quantitative estimate of drug-likeness (QED) is 0.747. The van der Waals surface area contributed by atoms with E-state index >= 15 is 0 Å². The van der Waals surface area contributed by atoms with E-state index in [0.29, 0.717) is 0 Å². The maximum absolute atomic E-state index is 5.32. The first kappa shape index (κ1) is 11.7. The van der Waals surface area contributed by atoms with Crippen LogP contribution in [0.5, 0.6) is 17.2 Å². The minimum absolute atomic E-state index is 0.753. The maximum atomic E-state index is 5.32. The molecular weight excluding hydrogens is 192 g/mol. The van der Waals surface area contributed by atoms with E-state index in [-0.39, 0.29) is 0 Å². The summed E-state index contributed by atoms with van der Waals surface area (Å²) < 4.78 is 15.8. The minimum Gasteiger partial charge on any atom is -0.496 e. The molecule has 0 bridgehead atoms. The van der Waals surface area contributed by atoms with Crippen molar-refractivity contribution >= 4 is 0 Å². The van der Waals surface area contributed by atoms with Crippen molar-refractivity contribution in [3.63, 3.8) is 0 Å². The van der Waals surface area contributed by atoms with Gasteiger partial charge in [0.1, 0.15) is 17.2 Å². The molecule has 3 nitrogen and oxygen atoms in total. The van der Waals surface area contributed by atoms with Crippen LogP contribution in [0, 0.1) is 0 Å². The molecule has 0 amide bonds. The Labute approximate surface area is 91.0 Å². The van der Waals surface area contributed by atoms with E-state index in [0.717, 1.165) is 35.7 Å². The van der Waals surface area contributed by atoms with E-state index in [9.17, 15) is 0 Å². The summed E-state index contributed by atoms with van der Waals surface area (Å²) in [5.41, 5.74) is 1.10. The molecule has 0 saturated heterocycles. The monoisotopic (exact) mass is 210 g/mol. The molecule has 15 heavy (non-hydrogen) atoms. The number of benzene rings is 1. The lowest BCUT2D eigenvalue weighted by Crippen LogP contribution is -1.98. The summed E-state index contributed by atoms with van der Waals surface area (Å²) in [5.74, 6) is 2.41. The van der Waals surface area contributed by atoms with E-state index in [1.165, 1.54) is 0 Å². The average Bonchev–Trinajstić information content (AvgIpc) is 2.29. The molecule has 0 N–H and O–H groups in total. The third kappa shape index (κ3) is 2.55. The molecule has 1 aromatic rings. The van der Waals surface area contributed by atoms with Gasteiger partial charge < -0.3 is 14.2 Å². The highest BCUT2D eigenvalue weighted by Crippen LogP contribution is 2.34. The van der Waals surface area contributed by atoms with Crippen molar-refractivity contribution < 1.29 is 14.2 Å². The fourth-order valence-electron chi connectivity index (χ4n) is 1.57. The Kier molecular flexibility index (Phi) is 4.28. The van der Waals surface area contributed by atoms with Crippen LogP contribution >= 0.6 is 0 Å². The van der Waals surface area contributed by atoms with Gasteiger partial charge in [0.25, 0.3) is 0 Å². The average molecular weight is 210 g/mol. The molecule has 84 valence electrons.